The number of hydrogen-bond donors (Lipinski definition) is 1. The van der Waals surface area contributed by atoms with Crippen LogP contribution in [0.3, 0.4) is 0 Å². The first-order valence-electron chi connectivity index (χ1n) is 4.73. The second kappa shape index (κ2) is 4.92. The maximum atomic E-state index is 4.25. The molecular weight excluding hydrogens is 162 g/mol. The smallest absolute Gasteiger partial charge is 0.129 e. The van der Waals surface area contributed by atoms with E-state index in [0.29, 0.717) is 6.04 Å². The quantitative estimate of drug-likeness (QED) is 0.757. The van der Waals surface area contributed by atoms with E-state index in [4.69, 9.17) is 0 Å². The summed E-state index contributed by atoms with van der Waals surface area (Å²) in [6, 6.07) is 0.452. The fourth-order valence-electron chi connectivity index (χ4n) is 1.22. The van der Waals surface area contributed by atoms with Gasteiger partial charge in [-0.05, 0) is 26.0 Å². The highest BCUT2D eigenvalue weighted by Gasteiger charge is 2.02. The second-order valence-corrected chi connectivity index (χ2v) is 3.34. The van der Waals surface area contributed by atoms with Crippen molar-refractivity contribution in [3.05, 3.63) is 23.8 Å². The first-order valence-corrected chi connectivity index (χ1v) is 4.73. The van der Waals surface area contributed by atoms with Gasteiger partial charge in [0.1, 0.15) is 5.82 Å². The van der Waals surface area contributed by atoms with E-state index in [1.807, 2.05) is 19.3 Å². The summed E-state index contributed by atoms with van der Waals surface area (Å²) in [6.45, 7) is 7.24. The largest absolute Gasteiger partial charge is 0.314 e. The molecule has 0 aliphatic rings. The Morgan fingerprint density at radius 3 is 2.54 bits per heavy atom. The molecule has 1 rings (SSSR count). The first kappa shape index (κ1) is 10.1. The van der Waals surface area contributed by atoms with Crippen LogP contribution in [0.5, 0.6) is 0 Å². The number of rotatable bonds is 4. The van der Waals surface area contributed by atoms with Crippen molar-refractivity contribution in [3.63, 3.8) is 0 Å². The topological polar surface area (TPSA) is 37.8 Å². The zero-order valence-electron chi connectivity index (χ0n) is 8.54. The Bertz CT molecular complexity index is 243. The van der Waals surface area contributed by atoms with Gasteiger partial charge < -0.3 is 5.32 Å². The monoisotopic (exact) mass is 179 g/mol. The van der Waals surface area contributed by atoms with E-state index >= 15 is 0 Å². The minimum Gasteiger partial charge on any atom is -0.314 e. The third-order valence-electron chi connectivity index (χ3n) is 1.88. The van der Waals surface area contributed by atoms with Gasteiger partial charge in [0.25, 0.3) is 0 Å². The van der Waals surface area contributed by atoms with Crippen molar-refractivity contribution >= 4 is 0 Å². The zero-order chi connectivity index (χ0) is 9.68. The molecule has 1 heterocycles. The molecule has 0 aliphatic carbocycles. The first-order chi connectivity index (χ1) is 6.22. The molecular formula is C10H17N3. The fraction of sp³-hybridized carbons (Fsp3) is 0.600. The van der Waals surface area contributed by atoms with Crippen LogP contribution in [-0.4, -0.2) is 22.6 Å². The molecule has 0 saturated heterocycles. The van der Waals surface area contributed by atoms with Crippen LogP contribution in [0, 0.1) is 6.92 Å². The highest BCUT2D eigenvalue weighted by molar-refractivity contribution is 5.02. The van der Waals surface area contributed by atoms with Gasteiger partial charge in [0, 0.05) is 24.9 Å². The van der Waals surface area contributed by atoms with E-state index in [9.17, 15) is 0 Å². The van der Waals surface area contributed by atoms with E-state index in [-0.39, 0.29) is 0 Å². The van der Waals surface area contributed by atoms with Crippen LogP contribution in [0.15, 0.2) is 12.4 Å². The summed E-state index contributed by atoms with van der Waals surface area (Å²) < 4.78 is 0. The van der Waals surface area contributed by atoms with Gasteiger partial charge in [0.05, 0.1) is 0 Å². The van der Waals surface area contributed by atoms with Crippen molar-refractivity contribution in [1.29, 1.82) is 0 Å². The average molecular weight is 179 g/mol. The molecule has 3 heteroatoms. The second-order valence-electron chi connectivity index (χ2n) is 3.34. The fourth-order valence-corrected chi connectivity index (χ4v) is 1.22. The zero-order valence-corrected chi connectivity index (χ0v) is 8.54. The molecule has 1 aromatic heterocycles. The molecule has 0 saturated carbocycles. The molecule has 1 aromatic rings. The molecule has 0 fully saturated rings. The van der Waals surface area contributed by atoms with Crippen molar-refractivity contribution in [2.24, 2.45) is 0 Å². The molecule has 0 bridgehead atoms. The Kier molecular flexibility index (Phi) is 3.83. The lowest BCUT2D eigenvalue weighted by molar-refractivity contribution is 0.552. The molecule has 1 atom stereocenters. The van der Waals surface area contributed by atoms with E-state index in [1.54, 1.807) is 0 Å². The summed E-state index contributed by atoms with van der Waals surface area (Å²) in [6.07, 6.45) is 4.62. The number of hydrogen-bond acceptors (Lipinski definition) is 3. The minimum atomic E-state index is 0.452. The maximum Gasteiger partial charge on any atom is 0.129 e. The van der Waals surface area contributed by atoms with E-state index in [2.05, 4.69) is 29.1 Å². The number of nitrogens with zero attached hydrogens (tertiary/aromatic N) is 2. The molecule has 0 amide bonds. The third-order valence-corrected chi connectivity index (χ3v) is 1.88. The van der Waals surface area contributed by atoms with Gasteiger partial charge in [-0.3, -0.25) is 0 Å². The van der Waals surface area contributed by atoms with Gasteiger partial charge in [-0.15, -0.1) is 0 Å². The van der Waals surface area contributed by atoms with Crippen LogP contribution < -0.4 is 5.32 Å². The lowest BCUT2D eigenvalue weighted by Crippen LogP contribution is -2.28. The average Bonchev–Trinajstić information content (AvgIpc) is 2.09. The minimum absolute atomic E-state index is 0.452. The van der Waals surface area contributed by atoms with Crippen LogP contribution in [0.4, 0.5) is 0 Å². The molecule has 72 valence electrons. The molecule has 0 radical (unpaired) electrons. The lowest BCUT2D eigenvalue weighted by Gasteiger charge is -2.10. The van der Waals surface area contributed by atoms with Crippen LogP contribution in [-0.2, 0) is 6.42 Å². The highest BCUT2D eigenvalue weighted by atomic mass is 14.9. The van der Waals surface area contributed by atoms with Crippen LogP contribution in [0.1, 0.15) is 25.2 Å². The molecule has 0 aliphatic heterocycles. The molecule has 0 spiro atoms. The Morgan fingerprint density at radius 2 is 2.00 bits per heavy atom. The molecule has 13 heavy (non-hydrogen) atoms. The molecule has 3 nitrogen and oxygen atoms in total. The number of nitrogens with one attached hydrogen (secondary N) is 1. The summed E-state index contributed by atoms with van der Waals surface area (Å²) in [7, 11) is 0. The van der Waals surface area contributed by atoms with Crippen LogP contribution in [0.2, 0.25) is 0 Å². The summed E-state index contributed by atoms with van der Waals surface area (Å²) >= 11 is 0. The Hall–Kier alpha value is -0.960. The summed E-state index contributed by atoms with van der Waals surface area (Å²) in [5.74, 6) is 0.916. The SMILES string of the molecule is CCNC(C)Cc1ncc(C)cn1. The van der Waals surface area contributed by atoms with Crippen molar-refractivity contribution in [3.8, 4) is 0 Å². The molecule has 0 aromatic carbocycles. The molecule has 1 N–H and O–H groups in total. The van der Waals surface area contributed by atoms with E-state index < -0.39 is 0 Å². The maximum absolute atomic E-state index is 4.25. The summed E-state index contributed by atoms with van der Waals surface area (Å²) in [5, 5.41) is 3.33. The lowest BCUT2D eigenvalue weighted by atomic mass is 10.2. The van der Waals surface area contributed by atoms with Crippen molar-refractivity contribution in [2.75, 3.05) is 6.54 Å². The van der Waals surface area contributed by atoms with Crippen molar-refractivity contribution in [2.45, 2.75) is 33.2 Å². The van der Waals surface area contributed by atoms with Gasteiger partial charge in [-0.2, -0.15) is 0 Å². The van der Waals surface area contributed by atoms with Crippen molar-refractivity contribution in [1.82, 2.24) is 15.3 Å². The third kappa shape index (κ3) is 3.51. The van der Waals surface area contributed by atoms with Gasteiger partial charge in [0.15, 0.2) is 0 Å². The summed E-state index contributed by atoms with van der Waals surface area (Å²) in [5.41, 5.74) is 1.11. The van der Waals surface area contributed by atoms with Gasteiger partial charge in [0.2, 0.25) is 0 Å². The van der Waals surface area contributed by atoms with Gasteiger partial charge in [-0.25, -0.2) is 9.97 Å². The predicted molar refractivity (Wildman–Crippen MR) is 53.6 cm³/mol. The Morgan fingerprint density at radius 1 is 1.38 bits per heavy atom. The molecule has 1 unspecified atom stereocenters. The number of aryl methyl sites for hydroxylation is 1. The number of aromatic nitrogens is 2. The van der Waals surface area contributed by atoms with E-state index in [0.717, 1.165) is 24.4 Å². The summed E-state index contributed by atoms with van der Waals surface area (Å²) in [4.78, 5) is 8.50. The highest BCUT2D eigenvalue weighted by Crippen LogP contribution is 1.97. The van der Waals surface area contributed by atoms with Crippen molar-refractivity contribution < 1.29 is 0 Å². The van der Waals surface area contributed by atoms with Crippen LogP contribution >= 0.6 is 0 Å². The predicted octanol–water partition coefficient (Wildman–Crippen LogP) is 1.33. The van der Waals surface area contributed by atoms with Crippen LogP contribution in [0.25, 0.3) is 0 Å². The van der Waals surface area contributed by atoms with Gasteiger partial charge >= 0.3 is 0 Å². The Balaban J connectivity index is 2.49. The normalized spacial score (nSPS) is 12.8. The van der Waals surface area contributed by atoms with Gasteiger partial charge in [-0.1, -0.05) is 6.92 Å². The Labute approximate surface area is 79.6 Å². The van der Waals surface area contributed by atoms with E-state index in [1.165, 1.54) is 0 Å². The standard InChI is InChI=1S/C10H17N3/c1-4-11-9(3)5-10-12-6-8(2)7-13-10/h6-7,9,11H,4-5H2,1-3H3. The number of likely N-dealkylation sites (N-methyl/N-ethyl adjacent to an activating group) is 1.